The molecule has 0 saturated carbocycles. The summed E-state index contributed by atoms with van der Waals surface area (Å²) in [5, 5.41) is 17.3. The summed E-state index contributed by atoms with van der Waals surface area (Å²) in [6.45, 7) is 5.39. The molecule has 0 bridgehead atoms. The van der Waals surface area contributed by atoms with Crippen LogP contribution in [0, 0.1) is 17.0 Å². The number of carbonyl (C=O) groups excluding carboxylic acids is 1. The Balaban J connectivity index is 1.89. The Morgan fingerprint density at radius 1 is 1.19 bits per heavy atom. The van der Waals surface area contributed by atoms with Crippen LogP contribution in [0.25, 0.3) is 10.8 Å². The van der Waals surface area contributed by atoms with Gasteiger partial charge in [0.15, 0.2) is 5.75 Å². The van der Waals surface area contributed by atoms with Crippen LogP contribution in [0.5, 0.6) is 11.5 Å². The molecule has 3 aromatic rings. The molecule has 0 atom stereocenters. The van der Waals surface area contributed by atoms with E-state index >= 15 is 0 Å². The predicted molar refractivity (Wildman–Crippen MR) is 119 cm³/mol. The first-order valence-electron chi connectivity index (χ1n) is 9.66. The highest BCUT2D eigenvalue weighted by molar-refractivity contribution is 6.08. The van der Waals surface area contributed by atoms with Crippen molar-refractivity contribution in [1.29, 1.82) is 0 Å². The monoisotopic (exact) mass is 421 g/mol. The zero-order valence-electron chi connectivity index (χ0n) is 17.7. The number of benzene rings is 3. The maximum atomic E-state index is 12.8. The zero-order valence-corrected chi connectivity index (χ0v) is 17.7. The van der Waals surface area contributed by atoms with Gasteiger partial charge in [-0.05, 0) is 43.2 Å². The standard InChI is InChI=1S/C23H23N3O5/c1-14(2)31-22-19(26(28)29)11-16(12-20(22)30-4)13-24-25-23(27)21-15(3)9-10-17-7-5-6-8-18(17)21/h5-14H,1-4H3,(H,25,27)/b24-13-. The second-order valence-corrected chi connectivity index (χ2v) is 7.17. The fourth-order valence-corrected chi connectivity index (χ4v) is 3.23. The van der Waals surface area contributed by atoms with Gasteiger partial charge in [0.25, 0.3) is 5.91 Å². The van der Waals surface area contributed by atoms with Gasteiger partial charge < -0.3 is 9.47 Å². The average molecular weight is 421 g/mol. The number of fused-ring (bicyclic) bond motifs is 1. The highest BCUT2D eigenvalue weighted by Crippen LogP contribution is 2.38. The van der Waals surface area contributed by atoms with E-state index in [4.69, 9.17) is 9.47 Å². The molecule has 8 nitrogen and oxygen atoms in total. The number of hydrazone groups is 1. The molecule has 0 fully saturated rings. The van der Waals surface area contributed by atoms with Crippen LogP contribution in [0.1, 0.15) is 35.3 Å². The number of aryl methyl sites for hydroxylation is 1. The Hall–Kier alpha value is -3.94. The minimum Gasteiger partial charge on any atom is -0.493 e. The third-order valence-electron chi connectivity index (χ3n) is 4.57. The third kappa shape index (κ3) is 4.80. The summed E-state index contributed by atoms with van der Waals surface area (Å²) >= 11 is 0. The van der Waals surface area contributed by atoms with Crippen molar-refractivity contribution in [3.8, 4) is 11.5 Å². The van der Waals surface area contributed by atoms with Gasteiger partial charge in [0.2, 0.25) is 5.75 Å². The first kappa shape index (κ1) is 21.8. The molecule has 1 N–H and O–H groups in total. The molecule has 1 amide bonds. The second kappa shape index (κ2) is 9.25. The molecule has 0 aliphatic heterocycles. The van der Waals surface area contributed by atoms with Crippen molar-refractivity contribution >= 4 is 28.6 Å². The van der Waals surface area contributed by atoms with E-state index in [9.17, 15) is 14.9 Å². The third-order valence-corrected chi connectivity index (χ3v) is 4.57. The Kier molecular flexibility index (Phi) is 6.49. The molecule has 31 heavy (non-hydrogen) atoms. The van der Waals surface area contributed by atoms with Crippen LogP contribution < -0.4 is 14.9 Å². The molecular formula is C23H23N3O5. The molecular weight excluding hydrogens is 398 g/mol. The molecule has 3 rings (SSSR count). The lowest BCUT2D eigenvalue weighted by atomic mass is 9.99. The van der Waals surface area contributed by atoms with Crippen LogP contribution in [0.15, 0.2) is 53.6 Å². The number of nitrogens with one attached hydrogen (secondary N) is 1. The van der Waals surface area contributed by atoms with E-state index < -0.39 is 4.92 Å². The normalized spacial score (nSPS) is 11.1. The molecule has 8 heteroatoms. The number of nitro groups is 1. The van der Waals surface area contributed by atoms with Crippen LogP contribution in [-0.2, 0) is 0 Å². The summed E-state index contributed by atoms with van der Waals surface area (Å²) < 4.78 is 10.8. The molecule has 0 spiro atoms. The first-order chi connectivity index (χ1) is 14.8. The SMILES string of the molecule is COc1cc(/C=N\NC(=O)c2c(C)ccc3ccccc23)cc([N+](=O)[O-])c1OC(C)C. The molecule has 0 aliphatic rings. The highest BCUT2D eigenvalue weighted by atomic mass is 16.6. The van der Waals surface area contributed by atoms with Gasteiger partial charge in [0, 0.05) is 11.6 Å². The quantitative estimate of drug-likeness (QED) is 0.341. The Bertz CT molecular complexity index is 1170. The number of nitrogens with zero attached hydrogens (tertiary/aromatic N) is 2. The lowest BCUT2D eigenvalue weighted by Gasteiger charge is -2.14. The van der Waals surface area contributed by atoms with Gasteiger partial charge in [-0.15, -0.1) is 0 Å². The number of nitro benzene ring substituents is 1. The van der Waals surface area contributed by atoms with Gasteiger partial charge in [0.05, 0.1) is 29.9 Å². The van der Waals surface area contributed by atoms with Crippen molar-refractivity contribution in [2.75, 3.05) is 7.11 Å². The van der Waals surface area contributed by atoms with E-state index in [-0.39, 0.29) is 29.2 Å². The van der Waals surface area contributed by atoms with Crippen LogP contribution in [0.4, 0.5) is 5.69 Å². The molecule has 0 aliphatic carbocycles. The summed E-state index contributed by atoms with van der Waals surface area (Å²) in [5.41, 5.74) is 3.99. The lowest BCUT2D eigenvalue weighted by molar-refractivity contribution is -0.386. The number of hydrogen-bond acceptors (Lipinski definition) is 6. The number of rotatable bonds is 7. The molecule has 0 aromatic heterocycles. The van der Waals surface area contributed by atoms with Gasteiger partial charge in [-0.1, -0.05) is 36.4 Å². The van der Waals surface area contributed by atoms with E-state index in [0.29, 0.717) is 11.1 Å². The number of ether oxygens (including phenoxy) is 2. The van der Waals surface area contributed by atoms with E-state index in [0.717, 1.165) is 16.3 Å². The summed E-state index contributed by atoms with van der Waals surface area (Å²) in [5.74, 6) is -0.109. The molecule has 0 radical (unpaired) electrons. The van der Waals surface area contributed by atoms with Crippen molar-refractivity contribution in [3.63, 3.8) is 0 Å². The Morgan fingerprint density at radius 2 is 1.94 bits per heavy atom. The van der Waals surface area contributed by atoms with Gasteiger partial charge in [0.1, 0.15) is 0 Å². The summed E-state index contributed by atoms with van der Waals surface area (Å²) in [7, 11) is 1.40. The predicted octanol–water partition coefficient (Wildman–Crippen LogP) is 4.62. The number of hydrogen-bond donors (Lipinski definition) is 1. The van der Waals surface area contributed by atoms with Gasteiger partial charge in [-0.3, -0.25) is 14.9 Å². The van der Waals surface area contributed by atoms with E-state index in [2.05, 4.69) is 10.5 Å². The average Bonchev–Trinajstić information content (AvgIpc) is 2.73. The van der Waals surface area contributed by atoms with Crippen LogP contribution >= 0.6 is 0 Å². The zero-order chi connectivity index (χ0) is 22.5. The van der Waals surface area contributed by atoms with Crippen molar-refractivity contribution in [2.45, 2.75) is 26.9 Å². The second-order valence-electron chi connectivity index (χ2n) is 7.17. The smallest absolute Gasteiger partial charge is 0.315 e. The summed E-state index contributed by atoms with van der Waals surface area (Å²) in [6, 6.07) is 14.3. The largest absolute Gasteiger partial charge is 0.493 e. The van der Waals surface area contributed by atoms with Crippen LogP contribution in [-0.4, -0.2) is 30.3 Å². The van der Waals surface area contributed by atoms with E-state index in [1.807, 2.05) is 43.3 Å². The van der Waals surface area contributed by atoms with Gasteiger partial charge in [-0.2, -0.15) is 5.10 Å². The Morgan fingerprint density at radius 3 is 2.61 bits per heavy atom. The van der Waals surface area contributed by atoms with E-state index in [1.54, 1.807) is 19.9 Å². The molecule has 160 valence electrons. The van der Waals surface area contributed by atoms with Gasteiger partial charge >= 0.3 is 5.69 Å². The highest BCUT2D eigenvalue weighted by Gasteiger charge is 2.23. The maximum Gasteiger partial charge on any atom is 0.315 e. The lowest BCUT2D eigenvalue weighted by Crippen LogP contribution is -2.19. The molecule has 3 aromatic carbocycles. The van der Waals surface area contributed by atoms with Gasteiger partial charge in [-0.25, -0.2) is 5.43 Å². The molecule has 0 unspecified atom stereocenters. The fourth-order valence-electron chi connectivity index (χ4n) is 3.23. The number of methoxy groups -OCH3 is 1. The topological polar surface area (TPSA) is 103 Å². The van der Waals surface area contributed by atoms with Crippen LogP contribution in [0.2, 0.25) is 0 Å². The summed E-state index contributed by atoms with van der Waals surface area (Å²) in [6.07, 6.45) is 1.06. The van der Waals surface area contributed by atoms with Crippen molar-refractivity contribution in [1.82, 2.24) is 5.43 Å². The van der Waals surface area contributed by atoms with E-state index in [1.165, 1.54) is 19.4 Å². The van der Waals surface area contributed by atoms with Crippen molar-refractivity contribution in [3.05, 3.63) is 75.3 Å². The maximum absolute atomic E-state index is 12.8. The molecule has 0 heterocycles. The van der Waals surface area contributed by atoms with Crippen LogP contribution in [0.3, 0.4) is 0 Å². The van der Waals surface area contributed by atoms with Crippen molar-refractivity contribution < 1.29 is 19.2 Å². The summed E-state index contributed by atoms with van der Waals surface area (Å²) in [4.78, 5) is 23.7. The fraction of sp³-hybridized carbons (Fsp3) is 0.217. The molecule has 0 saturated heterocycles. The number of carbonyl (C=O) groups is 1. The number of amides is 1. The minimum absolute atomic E-state index is 0.0510. The Labute approximate surface area is 179 Å². The minimum atomic E-state index is -0.546. The van der Waals surface area contributed by atoms with Crippen molar-refractivity contribution in [2.24, 2.45) is 5.10 Å². The first-order valence-corrected chi connectivity index (χ1v) is 9.66.